The molecule has 2 N–H and O–H groups in total. The van der Waals surface area contributed by atoms with Crippen molar-refractivity contribution in [3.8, 4) is 0 Å². The SMILES string of the molecule is CCCCOP(=O)(CN(CCO)CP(=O)(OCCCC)OCCCCC(C)(CC)C(CC)CCCOP(=O)(CN(CCCO)CP(=O)(OCCCC)OCCCC)OCCCC)OCCCC. The molecule has 0 aromatic heterocycles. The molecular formula is C47H102N2O14P4. The van der Waals surface area contributed by atoms with Gasteiger partial charge in [-0.2, -0.15) is 0 Å². The van der Waals surface area contributed by atoms with Gasteiger partial charge in [0, 0.05) is 19.7 Å². The summed E-state index contributed by atoms with van der Waals surface area (Å²) in [5.41, 5.74) is 0.00380. The molecule has 0 aromatic carbocycles. The molecule has 0 aliphatic carbocycles. The van der Waals surface area contributed by atoms with Crippen molar-refractivity contribution in [2.24, 2.45) is 11.3 Å². The summed E-state index contributed by atoms with van der Waals surface area (Å²) in [6.45, 7) is 21.3. The van der Waals surface area contributed by atoms with Crippen molar-refractivity contribution in [2.75, 3.05) is 104 Å². The van der Waals surface area contributed by atoms with Gasteiger partial charge in [0.2, 0.25) is 0 Å². The lowest BCUT2D eigenvalue weighted by Gasteiger charge is -2.37. The Labute approximate surface area is 409 Å². The maximum Gasteiger partial charge on any atom is 0.344 e. The van der Waals surface area contributed by atoms with Gasteiger partial charge in [-0.1, -0.05) is 120 Å². The van der Waals surface area contributed by atoms with E-state index >= 15 is 0 Å². The first-order valence-corrected chi connectivity index (χ1v) is 33.2. The molecule has 0 saturated heterocycles. The molecule has 4 unspecified atom stereocenters. The smallest absolute Gasteiger partial charge is 0.344 e. The monoisotopic (exact) mass is 1040 g/mol. The summed E-state index contributed by atoms with van der Waals surface area (Å²) in [6.07, 6.45) is 15.5. The maximum atomic E-state index is 14.4. The first-order chi connectivity index (χ1) is 32.1. The van der Waals surface area contributed by atoms with Crippen molar-refractivity contribution in [1.82, 2.24) is 9.80 Å². The fourth-order valence-corrected chi connectivity index (χ4v) is 14.9. The third-order valence-electron chi connectivity index (χ3n) is 12.0. The largest absolute Gasteiger partial charge is 0.396 e. The molecule has 0 heterocycles. The highest BCUT2D eigenvalue weighted by Gasteiger charge is 2.37. The molecule has 67 heavy (non-hydrogen) atoms. The Morgan fingerprint density at radius 1 is 0.418 bits per heavy atom. The molecule has 0 radical (unpaired) electrons. The van der Waals surface area contributed by atoms with Crippen LogP contribution in [-0.4, -0.2) is 124 Å². The van der Waals surface area contributed by atoms with Gasteiger partial charge in [-0.05, 0) is 82.0 Å². The Kier molecular flexibility index (Phi) is 41.1. The molecule has 0 amide bonds. The molecule has 0 spiro atoms. The van der Waals surface area contributed by atoms with Crippen LogP contribution in [0.1, 0.15) is 191 Å². The van der Waals surface area contributed by atoms with E-state index in [4.69, 9.17) is 36.2 Å². The van der Waals surface area contributed by atoms with Crippen LogP contribution < -0.4 is 0 Å². The van der Waals surface area contributed by atoms with Crippen LogP contribution in [0, 0.1) is 11.3 Å². The summed E-state index contributed by atoms with van der Waals surface area (Å²) in [6, 6.07) is 0. The first kappa shape index (κ1) is 67.4. The molecule has 0 aliphatic rings. The van der Waals surface area contributed by atoms with Gasteiger partial charge >= 0.3 is 30.4 Å². The van der Waals surface area contributed by atoms with Crippen molar-refractivity contribution in [3.05, 3.63) is 0 Å². The van der Waals surface area contributed by atoms with Crippen molar-refractivity contribution in [3.63, 3.8) is 0 Å². The van der Waals surface area contributed by atoms with Crippen molar-refractivity contribution >= 4 is 30.4 Å². The molecule has 16 nitrogen and oxygen atoms in total. The van der Waals surface area contributed by atoms with E-state index in [9.17, 15) is 28.5 Å². The Morgan fingerprint density at radius 3 is 1.01 bits per heavy atom. The summed E-state index contributed by atoms with van der Waals surface area (Å²) in [7, 11) is -14.5. The Bertz CT molecular complexity index is 1340. The number of unbranched alkanes of at least 4 members (excludes halogenated alkanes) is 7. The van der Waals surface area contributed by atoms with Gasteiger partial charge in [0.25, 0.3) is 0 Å². The molecule has 4 atom stereocenters. The molecule has 0 aromatic rings. The second-order valence-electron chi connectivity index (χ2n) is 18.1. The number of aliphatic hydroxyl groups excluding tert-OH is 2. The third kappa shape index (κ3) is 32.3. The number of hydrogen-bond donors (Lipinski definition) is 2. The van der Waals surface area contributed by atoms with Crippen molar-refractivity contribution in [2.45, 2.75) is 191 Å². The molecule has 0 bridgehead atoms. The lowest BCUT2D eigenvalue weighted by Crippen LogP contribution is -2.31. The van der Waals surface area contributed by atoms with Gasteiger partial charge in [-0.25, -0.2) is 0 Å². The molecule has 0 aliphatic heterocycles. The lowest BCUT2D eigenvalue weighted by atomic mass is 9.69. The lowest BCUT2D eigenvalue weighted by molar-refractivity contribution is 0.122. The van der Waals surface area contributed by atoms with E-state index < -0.39 is 30.4 Å². The van der Waals surface area contributed by atoms with E-state index in [0.717, 1.165) is 103 Å². The minimum atomic E-state index is -3.68. The first-order valence-electron chi connectivity index (χ1n) is 26.3. The summed E-state index contributed by atoms with van der Waals surface area (Å²) < 4.78 is 104. The van der Waals surface area contributed by atoms with Crippen LogP contribution in [0.5, 0.6) is 0 Å². The zero-order valence-corrected chi connectivity index (χ0v) is 47.6. The third-order valence-corrected chi connectivity index (χ3v) is 19.6. The molecule has 20 heteroatoms. The number of aliphatic hydroxyl groups is 2. The summed E-state index contributed by atoms with van der Waals surface area (Å²) in [4.78, 5) is 3.38. The van der Waals surface area contributed by atoms with Gasteiger partial charge in [0.05, 0.1) is 59.5 Å². The quantitative estimate of drug-likeness (QED) is 0.0432. The number of nitrogens with zero attached hydrogens (tertiary/aromatic N) is 2. The van der Waals surface area contributed by atoms with E-state index in [-0.39, 0.29) is 90.0 Å². The molecule has 404 valence electrons. The van der Waals surface area contributed by atoms with Crippen LogP contribution >= 0.6 is 30.4 Å². The standard InChI is InChI=1S/C47H102N2O14P4/c1-10-18-34-56-64(52,57-35-19-11-2)42-48(30-27-32-50)43-65(53,58-36-20-12-3)63-41-26-28-46(16-7)47(9,17-8)29-24-25-40-62-67(55,61-39-23-15-6)45-49(31-33-51)44-66(54,59-37-21-13-4)60-38-22-14-5/h46,50-51H,10-45H2,1-9H3. The Hall–Kier alpha value is 0.440. The van der Waals surface area contributed by atoms with Crippen LogP contribution in [-0.2, 0) is 54.5 Å². The van der Waals surface area contributed by atoms with Gasteiger partial charge in [0.1, 0.15) is 25.1 Å². The van der Waals surface area contributed by atoms with E-state index in [0.29, 0.717) is 51.4 Å². The van der Waals surface area contributed by atoms with Gasteiger partial charge < -0.3 is 46.4 Å². The van der Waals surface area contributed by atoms with E-state index in [1.54, 1.807) is 9.80 Å². The zero-order chi connectivity index (χ0) is 50.3. The maximum absolute atomic E-state index is 14.4. The van der Waals surface area contributed by atoms with Crippen LogP contribution in [0.3, 0.4) is 0 Å². The van der Waals surface area contributed by atoms with Gasteiger partial charge in [0.15, 0.2) is 0 Å². The summed E-state index contributed by atoms with van der Waals surface area (Å²) in [5.74, 6) is 0.361. The summed E-state index contributed by atoms with van der Waals surface area (Å²) in [5, 5.41) is 19.6. The topological polar surface area (TPSA) is 189 Å². The van der Waals surface area contributed by atoms with Crippen LogP contribution in [0.25, 0.3) is 0 Å². The average Bonchev–Trinajstić information content (AvgIpc) is 3.28. The van der Waals surface area contributed by atoms with Crippen molar-refractivity contribution in [1.29, 1.82) is 0 Å². The van der Waals surface area contributed by atoms with Crippen LogP contribution in [0.4, 0.5) is 0 Å². The normalized spacial score (nSPS) is 15.8. The second kappa shape index (κ2) is 40.9. The fourth-order valence-electron chi connectivity index (χ4n) is 7.43. The highest BCUT2D eigenvalue weighted by atomic mass is 31.2. The predicted octanol–water partition coefficient (Wildman–Crippen LogP) is 13.9. The summed E-state index contributed by atoms with van der Waals surface area (Å²) >= 11 is 0. The molecular weight excluding hydrogens is 940 g/mol. The minimum Gasteiger partial charge on any atom is -0.396 e. The molecule has 0 fully saturated rings. The highest BCUT2D eigenvalue weighted by molar-refractivity contribution is 7.55. The Morgan fingerprint density at radius 2 is 0.731 bits per heavy atom. The fraction of sp³-hybridized carbons (Fsp3) is 1.00. The second-order valence-corrected chi connectivity index (χ2v) is 26.2. The van der Waals surface area contributed by atoms with E-state index in [2.05, 4.69) is 20.8 Å². The predicted molar refractivity (Wildman–Crippen MR) is 274 cm³/mol. The van der Waals surface area contributed by atoms with E-state index in [1.165, 1.54) is 0 Å². The average molecular weight is 1040 g/mol. The van der Waals surface area contributed by atoms with Gasteiger partial charge in [-0.15, -0.1) is 0 Å². The van der Waals surface area contributed by atoms with E-state index in [1.807, 2.05) is 41.5 Å². The van der Waals surface area contributed by atoms with Gasteiger partial charge in [-0.3, -0.25) is 28.1 Å². The zero-order valence-electron chi connectivity index (χ0n) is 44.0. The minimum absolute atomic E-state index is 0.00380. The number of hydrogen-bond acceptors (Lipinski definition) is 16. The Balaban J connectivity index is 5.81. The number of rotatable bonds is 51. The van der Waals surface area contributed by atoms with Crippen LogP contribution in [0.15, 0.2) is 0 Å². The van der Waals surface area contributed by atoms with Crippen molar-refractivity contribution < 1.29 is 64.7 Å². The highest BCUT2D eigenvalue weighted by Crippen LogP contribution is 2.55. The molecule has 0 rings (SSSR count). The van der Waals surface area contributed by atoms with Crippen LogP contribution in [0.2, 0.25) is 0 Å². The molecule has 0 saturated carbocycles.